The minimum atomic E-state index is -3.67. The number of amidine groups is 1. The van der Waals surface area contributed by atoms with E-state index in [0.717, 1.165) is 34.4 Å². The smallest absolute Gasteiger partial charge is 0.379 e. The van der Waals surface area contributed by atoms with Crippen LogP contribution in [0.4, 0.5) is 13.2 Å². The van der Waals surface area contributed by atoms with Crippen LogP contribution in [0.3, 0.4) is 0 Å². The van der Waals surface area contributed by atoms with Gasteiger partial charge in [-0.3, -0.25) is 10.2 Å². The molecule has 0 fully saturated rings. The molecule has 5 nitrogen and oxygen atoms in total. The Kier molecular flexibility index (Phi) is 7.03. The highest BCUT2D eigenvalue weighted by Crippen LogP contribution is 2.29. The highest BCUT2D eigenvalue weighted by Gasteiger charge is 2.30. The van der Waals surface area contributed by atoms with Crippen molar-refractivity contribution in [1.29, 1.82) is 5.41 Å². The summed E-state index contributed by atoms with van der Waals surface area (Å²) in [7, 11) is 1.63. The van der Waals surface area contributed by atoms with Crippen LogP contribution in [0, 0.1) is 5.41 Å². The minimum Gasteiger partial charge on any atom is -0.497 e. The summed E-state index contributed by atoms with van der Waals surface area (Å²) in [4.78, 5) is 14.6. The first-order valence-corrected chi connectivity index (χ1v) is 8.61. The summed E-state index contributed by atoms with van der Waals surface area (Å²) in [6, 6.07) is 11.5. The van der Waals surface area contributed by atoms with Gasteiger partial charge in [-0.15, -0.1) is 0 Å². The normalized spacial score (nSPS) is 12.5. The van der Waals surface area contributed by atoms with Crippen LogP contribution in [0.15, 0.2) is 36.4 Å². The topological polar surface area (TPSA) is 79.4 Å². The number of nitrogens with two attached hydrogens (primary N) is 1. The number of hydrogen-bond acceptors (Lipinski definition) is 3. The monoisotopic (exact) mass is 393 g/mol. The van der Waals surface area contributed by atoms with E-state index in [1.165, 1.54) is 0 Å². The number of alkyl halides is 3. The molecule has 0 spiro atoms. The largest absolute Gasteiger partial charge is 0.497 e. The first kappa shape index (κ1) is 21.3. The van der Waals surface area contributed by atoms with E-state index in [9.17, 15) is 18.0 Å². The number of carbonyl (C=O) groups is 1. The summed E-state index contributed by atoms with van der Waals surface area (Å²) in [5.74, 6) is 0.885. The molecule has 1 aliphatic heterocycles. The Balaban J connectivity index is 0.000000640. The fourth-order valence-electron chi connectivity index (χ4n) is 3.12. The number of nitrogen functional groups attached to an aromatic ring is 1. The number of nitrogens with zero attached hydrogens (tertiary/aromatic N) is 1. The Morgan fingerprint density at radius 2 is 1.86 bits per heavy atom. The van der Waals surface area contributed by atoms with E-state index < -0.39 is 6.68 Å². The van der Waals surface area contributed by atoms with Crippen molar-refractivity contribution in [2.45, 2.75) is 33.1 Å². The maximum absolute atomic E-state index is 12.8. The molecule has 0 aromatic heterocycles. The molecule has 0 radical (unpaired) electrons. The molecular formula is C20H22F3N3O2. The van der Waals surface area contributed by atoms with Crippen molar-refractivity contribution < 1.29 is 22.7 Å². The molecule has 3 N–H and O–H groups in total. The van der Waals surface area contributed by atoms with Gasteiger partial charge in [0.1, 0.15) is 11.6 Å². The SMILES string of the molecule is CCc1cc(C(=N)N)cc2c1C(=O)N(Cc1ccc(OC)cc1)C2.FC(F)F. The number of aryl methyl sites for hydroxylation is 1. The molecule has 150 valence electrons. The zero-order chi connectivity index (χ0) is 20.8. The van der Waals surface area contributed by atoms with Gasteiger partial charge in [-0.05, 0) is 47.4 Å². The van der Waals surface area contributed by atoms with Gasteiger partial charge in [0.2, 0.25) is 0 Å². The molecule has 0 unspecified atom stereocenters. The molecular weight excluding hydrogens is 371 g/mol. The van der Waals surface area contributed by atoms with E-state index in [1.807, 2.05) is 48.2 Å². The van der Waals surface area contributed by atoms with E-state index in [1.54, 1.807) is 7.11 Å². The van der Waals surface area contributed by atoms with E-state index in [4.69, 9.17) is 15.9 Å². The molecule has 8 heteroatoms. The zero-order valence-corrected chi connectivity index (χ0v) is 15.6. The van der Waals surface area contributed by atoms with Gasteiger partial charge in [0.15, 0.2) is 0 Å². The van der Waals surface area contributed by atoms with Gasteiger partial charge >= 0.3 is 6.68 Å². The molecule has 2 aromatic rings. The molecule has 0 bridgehead atoms. The lowest BCUT2D eigenvalue weighted by Crippen LogP contribution is -2.23. The summed E-state index contributed by atoms with van der Waals surface area (Å²) >= 11 is 0. The third-order valence-corrected chi connectivity index (χ3v) is 4.39. The summed E-state index contributed by atoms with van der Waals surface area (Å²) < 4.78 is 34.2. The number of nitrogens with one attached hydrogen (secondary N) is 1. The third-order valence-electron chi connectivity index (χ3n) is 4.39. The van der Waals surface area contributed by atoms with Crippen LogP contribution >= 0.6 is 0 Å². The molecule has 0 saturated carbocycles. The van der Waals surface area contributed by atoms with Crippen molar-refractivity contribution in [3.05, 3.63) is 64.2 Å². The van der Waals surface area contributed by atoms with Crippen LogP contribution in [-0.4, -0.2) is 30.4 Å². The van der Waals surface area contributed by atoms with Crippen molar-refractivity contribution in [3.8, 4) is 5.75 Å². The second-order valence-corrected chi connectivity index (χ2v) is 6.19. The number of fused-ring (bicyclic) bond motifs is 1. The summed E-state index contributed by atoms with van der Waals surface area (Å²) in [5.41, 5.74) is 10.1. The molecule has 1 heterocycles. The third kappa shape index (κ3) is 5.03. The maximum atomic E-state index is 12.8. The second kappa shape index (κ2) is 9.25. The average molecular weight is 393 g/mol. The molecule has 28 heavy (non-hydrogen) atoms. The second-order valence-electron chi connectivity index (χ2n) is 6.19. The summed E-state index contributed by atoms with van der Waals surface area (Å²) in [5, 5.41) is 7.66. The predicted molar refractivity (Wildman–Crippen MR) is 101 cm³/mol. The van der Waals surface area contributed by atoms with Crippen LogP contribution < -0.4 is 10.5 Å². The van der Waals surface area contributed by atoms with Crippen molar-refractivity contribution in [3.63, 3.8) is 0 Å². The average Bonchev–Trinajstić information content (AvgIpc) is 2.97. The Morgan fingerprint density at radius 1 is 1.25 bits per heavy atom. The van der Waals surface area contributed by atoms with Crippen LogP contribution in [0.1, 0.15) is 39.5 Å². The number of methoxy groups -OCH3 is 1. The Morgan fingerprint density at radius 3 is 2.36 bits per heavy atom. The number of benzene rings is 2. The zero-order valence-electron chi connectivity index (χ0n) is 15.6. The number of ether oxygens (including phenoxy) is 1. The Hall–Kier alpha value is -3.03. The van der Waals surface area contributed by atoms with Crippen molar-refractivity contribution in [2.75, 3.05) is 7.11 Å². The highest BCUT2D eigenvalue weighted by molar-refractivity contribution is 6.02. The van der Waals surface area contributed by atoms with Gasteiger partial charge in [-0.1, -0.05) is 19.1 Å². The fourth-order valence-corrected chi connectivity index (χ4v) is 3.12. The van der Waals surface area contributed by atoms with Crippen LogP contribution in [0.25, 0.3) is 0 Å². The van der Waals surface area contributed by atoms with Gasteiger partial charge in [0.05, 0.1) is 7.11 Å². The van der Waals surface area contributed by atoms with Crippen molar-refractivity contribution in [2.24, 2.45) is 5.73 Å². The maximum Gasteiger partial charge on any atom is 0.379 e. The standard InChI is InChI=1S/C19H21N3O2.CHF3/c1-3-13-8-14(18(20)21)9-15-11-22(19(23)17(13)15)10-12-4-6-16(24-2)7-5-12;2-1(3)4/h4-9H,3,10-11H2,1-2H3,(H3,20,21);1H. The predicted octanol–water partition coefficient (Wildman–Crippen LogP) is 3.88. The van der Waals surface area contributed by atoms with E-state index >= 15 is 0 Å². The summed E-state index contributed by atoms with van der Waals surface area (Å²) in [6.45, 7) is -0.552. The lowest BCUT2D eigenvalue weighted by Gasteiger charge is -2.16. The van der Waals surface area contributed by atoms with Crippen LogP contribution in [-0.2, 0) is 19.5 Å². The van der Waals surface area contributed by atoms with E-state index in [-0.39, 0.29) is 11.7 Å². The fraction of sp³-hybridized carbons (Fsp3) is 0.300. The molecule has 0 aliphatic carbocycles. The Labute approximate surface area is 161 Å². The molecule has 0 atom stereocenters. The number of amides is 1. The molecule has 3 rings (SSSR count). The van der Waals surface area contributed by atoms with Crippen LogP contribution in [0.5, 0.6) is 5.75 Å². The summed E-state index contributed by atoms with van der Waals surface area (Å²) in [6.07, 6.45) is 0.742. The van der Waals surface area contributed by atoms with Gasteiger partial charge in [0, 0.05) is 24.2 Å². The number of hydrogen-bond donors (Lipinski definition) is 2. The first-order chi connectivity index (χ1) is 13.3. The Bertz CT molecular complexity index is 852. The number of rotatable bonds is 5. The number of carbonyl (C=O) groups excluding carboxylic acids is 1. The van der Waals surface area contributed by atoms with Crippen molar-refractivity contribution in [1.82, 2.24) is 4.90 Å². The molecule has 2 aromatic carbocycles. The van der Waals surface area contributed by atoms with Gasteiger partial charge in [0.25, 0.3) is 5.91 Å². The molecule has 0 saturated heterocycles. The van der Waals surface area contributed by atoms with Gasteiger partial charge in [-0.25, -0.2) is 0 Å². The molecule has 1 aliphatic rings. The number of halogens is 3. The molecule has 1 amide bonds. The highest BCUT2D eigenvalue weighted by atomic mass is 19.4. The van der Waals surface area contributed by atoms with Gasteiger partial charge < -0.3 is 15.4 Å². The lowest BCUT2D eigenvalue weighted by atomic mass is 9.97. The van der Waals surface area contributed by atoms with Gasteiger partial charge in [-0.2, -0.15) is 13.2 Å². The van der Waals surface area contributed by atoms with E-state index in [0.29, 0.717) is 18.7 Å². The van der Waals surface area contributed by atoms with Crippen LogP contribution in [0.2, 0.25) is 0 Å². The first-order valence-electron chi connectivity index (χ1n) is 8.61. The lowest BCUT2D eigenvalue weighted by molar-refractivity contribution is 0.00818. The quantitative estimate of drug-likeness (QED) is 0.598. The van der Waals surface area contributed by atoms with E-state index in [2.05, 4.69) is 0 Å². The minimum absolute atomic E-state index is 0.0357. The van der Waals surface area contributed by atoms with Crippen molar-refractivity contribution >= 4 is 11.7 Å².